The quantitative estimate of drug-likeness (QED) is 0.313. The molecule has 2 aromatic carbocycles. The fraction of sp³-hybridized carbons (Fsp3) is 0.294. The van der Waals surface area contributed by atoms with Crippen LogP contribution in [0.3, 0.4) is 0 Å². The summed E-state index contributed by atoms with van der Waals surface area (Å²) >= 11 is 2.13. The maximum atomic E-state index is 10.7. The average Bonchev–Trinajstić information content (AvgIpc) is 2.60. The minimum atomic E-state index is -0.0772. The largest absolute Gasteiger partial charge is 0.507 e. The molecule has 6 nitrogen and oxygen atoms in total. The molecule has 0 fully saturated rings. The monoisotopic (exact) mass is 477 g/mol. The topological polar surface area (TPSA) is 80.2 Å². The molecule has 3 N–H and O–H groups in total. The van der Waals surface area contributed by atoms with Crippen molar-refractivity contribution in [3.63, 3.8) is 0 Å². The predicted molar refractivity (Wildman–Crippen MR) is 110 cm³/mol. The third-order valence-electron chi connectivity index (χ3n) is 3.96. The lowest BCUT2D eigenvalue weighted by Crippen LogP contribution is -2.00. The summed E-state index contributed by atoms with van der Waals surface area (Å²) in [5.74, 6) is 0.966. The number of halogens is 1. The number of aryl methyl sites for hydroxylation is 1. The summed E-state index contributed by atoms with van der Waals surface area (Å²) in [6, 6.07) is 3.29. The summed E-state index contributed by atoms with van der Waals surface area (Å²) in [5.41, 5.74) is 3.10. The molecule has 0 bridgehead atoms. The Balaban J connectivity index is 2.91. The number of nitrogens with one attached hydrogen (secondary N) is 1. The van der Waals surface area contributed by atoms with E-state index in [-0.39, 0.29) is 17.2 Å². The fourth-order valence-corrected chi connectivity index (χ4v) is 3.75. The van der Waals surface area contributed by atoms with Gasteiger partial charge in [0.05, 0.1) is 26.9 Å². The molecule has 2 aromatic rings. The van der Waals surface area contributed by atoms with Crippen LogP contribution in [0.15, 0.2) is 12.1 Å². The van der Waals surface area contributed by atoms with Gasteiger partial charge in [0, 0.05) is 47.6 Å². The van der Waals surface area contributed by atoms with Crippen LogP contribution in [0.25, 0.3) is 11.1 Å². The van der Waals surface area contributed by atoms with Crippen LogP contribution in [-0.4, -0.2) is 31.5 Å². The first-order valence-electron chi connectivity index (χ1n) is 7.30. The second kappa shape index (κ2) is 8.13. The van der Waals surface area contributed by atoms with Crippen LogP contribution in [0, 0.1) is 13.8 Å². The van der Waals surface area contributed by atoms with Gasteiger partial charge < -0.3 is 29.1 Å². The van der Waals surface area contributed by atoms with Gasteiger partial charge in [-0.05, 0) is 31.0 Å². The molecule has 0 heterocycles. The van der Waals surface area contributed by atoms with E-state index in [1.165, 1.54) is 36.5 Å². The molecule has 0 unspecified atom stereocenters. The lowest BCUT2D eigenvalue weighted by atomic mass is 9.93. The molecule has 0 aliphatic carbocycles. The summed E-state index contributed by atoms with van der Waals surface area (Å²) in [4.78, 5) is 0. The summed E-state index contributed by atoms with van der Waals surface area (Å²) < 4.78 is 19.3. The first kappa shape index (κ1) is 19.6. The van der Waals surface area contributed by atoms with Gasteiger partial charge in [0.1, 0.15) is 11.5 Å². The third-order valence-corrected chi connectivity index (χ3v) is 4.92. The van der Waals surface area contributed by atoms with Crippen molar-refractivity contribution in [1.29, 1.82) is 0 Å². The number of hydrogen-bond donors (Lipinski definition) is 3. The van der Waals surface area contributed by atoms with Gasteiger partial charge in [-0.2, -0.15) is 0 Å². The van der Waals surface area contributed by atoms with E-state index in [1.54, 1.807) is 6.92 Å². The van der Waals surface area contributed by atoms with Gasteiger partial charge in [-0.1, -0.05) is 0 Å². The number of benzene rings is 2. The van der Waals surface area contributed by atoms with Crippen molar-refractivity contribution in [3.8, 4) is 39.9 Å². The Hall–Kier alpha value is -1.68. The van der Waals surface area contributed by atoms with Crippen LogP contribution in [0.5, 0.6) is 28.7 Å². The van der Waals surface area contributed by atoms with Crippen molar-refractivity contribution >= 4 is 36.0 Å². The van der Waals surface area contributed by atoms with E-state index < -0.39 is 0 Å². The van der Waals surface area contributed by atoms with E-state index in [2.05, 4.69) is 25.9 Å². The number of phenols is 2. The Morgan fingerprint density at radius 1 is 0.960 bits per heavy atom. The molecule has 0 aliphatic rings. The highest BCUT2D eigenvalue weighted by molar-refractivity contribution is 14.2. The normalized spacial score (nSPS) is 10.5. The maximum Gasteiger partial charge on any atom is 0.204 e. The standard InChI is InChI=1S/C17H20INO5S/c1-8-6-10(19-25-18)9(2)13(15(8)21)14-11(20)7-12(22-3)16(23-4)17(14)24-5/h6-7,19-21H,1-5H3. The number of aromatic hydroxyl groups is 2. The van der Waals surface area contributed by atoms with Crippen molar-refractivity contribution < 1.29 is 24.4 Å². The minimum absolute atomic E-state index is 0.0716. The molecule has 0 aromatic heterocycles. The Morgan fingerprint density at radius 3 is 2.12 bits per heavy atom. The van der Waals surface area contributed by atoms with Crippen molar-refractivity contribution in [2.45, 2.75) is 13.8 Å². The summed E-state index contributed by atoms with van der Waals surface area (Å²) in [6.07, 6.45) is 0. The Labute approximate surface area is 163 Å². The van der Waals surface area contributed by atoms with E-state index >= 15 is 0 Å². The van der Waals surface area contributed by atoms with Crippen LogP contribution in [0.2, 0.25) is 0 Å². The SMILES string of the molecule is COc1cc(O)c(-c2c(C)c(NSI)cc(C)c2O)c(OC)c1OC. The molecule has 0 atom stereocenters. The molecule has 0 saturated carbocycles. The van der Waals surface area contributed by atoms with Gasteiger partial charge in [-0.25, -0.2) is 0 Å². The third kappa shape index (κ3) is 3.50. The van der Waals surface area contributed by atoms with Gasteiger partial charge in [0.2, 0.25) is 5.75 Å². The molecule has 8 heteroatoms. The van der Waals surface area contributed by atoms with Crippen LogP contribution < -0.4 is 18.9 Å². The maximum absolute atomic E-state index is 10.7. The number of phenolic OH excluding ortho intramolecular Hbond substituents is 2. The highest BCUT2D eigenvalue weighted by Gasteiger charge is 2.26. The zero-order valence-corrected chi connectivity index (χ0v) is 17.5. The molecule has 136 valence electrons. The second-order valence-corrected chi connectivity index (χ2v) is 6.99. The first-order chi connectivity index (χ1) is 11.9. The number of ether oxygens (including phenoxy) is 3. The molecule has 0 radical (unpaired) electrons. The predicted octanol–water partition coefficient (Wildman–Crippen LogP) is 4.82. The number of anilines is 1. The second-order valence-electron chi connectivity index (χ2n) is 5.31. The Bertz CT molecular complexity index is 798. The van der Waals surface area contributed by atoms with Gasteiger partial charge in [0.15, 0.2) is 11.5 Å². The van der Waals surface area contributed by atoms with Crippen LogP contribution in [-0.2, 0) is 0 Å². The van der Waals surface area contributed by atoms with Gasteiger partial charge in [0.25, 0.3) is 0 Å². The van der Waals surface area contributed by atoms with Gasteiger partial charge in [-0.15, -0.1) is 0 Å². The van der Waals surface area contributed by atoms with Crippen molar-refractivity contribution in [1.82, 2.24) is 0 Å². The van der Waals surface area contributed by atoms with Crippen molar-refractivity contribution in [2.24, 2.45) is 0 Å². The van der Waals surface area contributed by atoms with Crippen LogP contribution in [0.1, 0.15) is 11.1 Å². The van der Waals surface area contributed by atoms with E-state index in [1.807, 2.05) is 13.0 Å². The van der Waals surface area contributed by atoms with Crippen molar-refractivity contribution in [3.05, 3.63) is 23.3 Å². The molecule has 2 rings (SSSR count). The molecular weight excluding hydrogens is 457 g/mol. The molecule has 0 spiro atoms. The molecule has 0 saturated heterocycles. The zero-order chi connectivity index (χ0) is 18.7. The van der Waals surface area contributed by atoms with E-state index in [0.29, 0.717) is 28.2 Å². The average molecular weight is 477 g/mol. The van der Waals surface area contributed by atoms with Crippen molar-refractivity contribution in [2.75, 3.05) is 26.1 Å². The lowest BCUT2D eigenvalue weighted by Gasteiger charge is -2.21. The van der Waals surface area contributed by atoms with Crippen LogP contribution in [0.4, 0.5) is 5.69 Å². The summed E-state index contributed by atoms with van der Waals surface area (Å²) in [5, 5.41) is 21.3. The summed E-state index contributed by atoms with van der Waals surface area (Å²) in [6.45, 7) is 3.66. The lowest BCUT2D eigenvalue weighted by molar-refractivity contribution is 0.321. The number of rotatable bonds is 6. The van der Waals surface area contributed by atoms with E-state index in [0.717, 1.165) is 11.3 Å². The van der Waals surface area contributed by atoms with Gasteiger partial charge >= 0.3 is 0 Å². The smallest absolute Gasteiger partial charge is 0.204 e. The highest BCUT2D eigenvalue weighted by Crippen LogP contribution is 2.53. The first-order valence-corrected chi connectivity index (χ1v) is 10.7. The fourth-order valence-electron chi connectivity index (χ4n) is 2.74. The minimum Gasteiger partial charge on any atom is -0.507 e. The zero-order valence-electron chi connectivity index (χ0n) is 14.6. The van der Waals surface area contributed by atoms with E-state index in [4.69, 9.17) is 14.2 Å². The molecule has 25 heavy (non-hydrogen) atoms. The Morgan fingerprint density at radius 2 is 1.60 bits per heavy atom. The summed E-state index contributed by atoms with van der Waals surface area (Å²) in [7, 11) is 5.86. The van der Waals surface area contributed by atoms with Crippen LogP contribution >= 0.6 is 30.3 Å². The molecular formula is C17H20INO5S. The number of methoxy groups -OCH3 is 3. The van der Waals surface area contributed by atoms with E-state index in [9.17, 15) is 10.2 Å². The van der Waals surface area contributed by atoms with Gasteiger partial charge in [-0.3, -0.25) is 0 Å². The molecule has 0 amide bonds. The number of hydrogen-bond acceptors (Lipinski definition) is 7. The Kier molecular flexibility index (Phi) is 6.39. The highest BCUT2D eigenvalue weighted by atomic mass is 127. The molecule has 0 aliphatic heterocycles.